The SMILES string of the molecule is Cc1c(-c2cccnc2)nc2c(F)cccc2c1Cl. The average molecular weight is 273 g/mol. The standard InChI is InChI=1S/C15H10ClFN2/c1-9-13(16)11-5-2-6-12(17)15(11)19-14(9)10-4-3-7-18-8-10/h2-8H,1H3. The Balaban J connectivity index is 2.39. The zero-order valence-electron chi connectivity index (χ0n) is 10.2. The number of nitrogens with zero attached hydrogens (tertiary/aromatic N) is 2. The van der Waals surface area contributed by atoms with Crippen molar-refractivity contribution in [2.75, 3.05) is 0 Å². The highest BCUT2D eigenvalue weighted by molar-refractivity contribution is 6.36. The van der Waals surface area contributed by atoms with Crippen LogP contribution in [0.3, 0.4) is 0 Å². The van der Waals surface area contributed by atoms with E-state index in [-0.39, 0.29) is 11.3 Å². The minimum absolute atomic E-state index is 0.289. The molecule has 1 aromatic carbocycles. The smallest absolute Gasteiger partial charge is 0.149 e. The number of rotatable bonds is 1. The fourth-order valence-electron chi connectivity index (χ4n) is 2.09. The summed E-state index contributed by atoms with van der Waals surface area (Å²) in [5.41, 5.74) is 2.60. The second-order valence-electron chi connectivity index (χ2n) is 4.28. The number of hydrogen-bond donors (Lipinski definition) is 0. The molecule has 0 N–H and O–H groups in total. The monoisotopic (exact) mass is 272 g/mol. The predicted molar refractivity (Wildman–Crippen MR) is 74.7 cm³/mol. The molecular weight excluding hydrogens is 263 g/mol. The highest BCUT2D eigenvalue weighted by Gasteiger charge is 2.13. The van der Waals surface area contributed by atoms with E-state index in [1.165, 1.54) is 6.07 Å². The average Bonchev–Trinajstić information content (AvgIpc) is 2.44. The maximum Gasteiger partial charge on any atom is 0.149 e. The summed E-state index contributed by atoms with van der Waals surface area (Å²) in [7, 11) is 0. The molecule has 0 radical (unpaired) electrons. The zero-order valence-corrected chi connectivity index (χ0v) is 10.9. The van der Waals surface area contributed by atoms with Crippen molar-refractivity contribution in [2.45, 2.75) is 6.92 Å². The molecule has 2 heterocycles. The molecule has 4 heteroatoms. The summed E-state index contributed by atoms with van der Waals surface area (Å²) < 4.78 is 13.9. The van der Waals surface area contributed by atoms with Crippen LogP contribution in [0.4, 0.5) is 4.39 Å². The summed E-state index contributed by atoms with van der Waals surface area (Å²) in [6.07, 6.45) is 3.38. The van der Waals surface area contributed by atoms with Crippen molar-refractivity contribution >= 4 is 22.5 Å². The number of fused-ring (bicyclic) bond motifs is 1. The summed E-state index contributed by atoms with van der Waals surface area (Å²) in [4.78, 5) is 8.46. The molecule has 0 atom stereocenters. The van der Waals surface area contributed by atoms with Gasteiger partial charge in [0, 0.05) is 23.3 Å². The molecule has 2 nitrogen and oxygen atoms in total. The molecule has 0 fully saturated rings. The van der Waals surface area contributed by atoms with Crippen LogP contribution in [0.5, 0.6) is 0 Å². The van der Waals surface area contributed by atoms with E-state index in [0.717, 1.165) is 11.1 Å². The van der Waals surface area contributed by atoms with Crippen LogP contribution in [0.25, 0.3) is 22.2 Å². The van der Waals surface area contributed by atoms with Crippen molar-refractivity contribution in [3.05, 3.63) is 59.1 Å². The molecule has 94 valence electrons. The fraction of sp³-hybridized carbons (Fsp3) is 0.0667. The molecular formula is C15H10ClFN2. The van der Waals surface area contributed by atoms with Gasteiger partial charge in [0.25, 0.3) is 0 Å². The third-order valence-corrected chi connectivity index (χ3v) is 3.55. The van der Waals surface area contributed by atoms with E-state index in [2.05, 4.69) is 9.97 Å². The third kappa shape index (κ3) is 1.96. The first-order valence-electron chi connectivity index (χ1n) is 5.83. The van der Waals surface area contributed by atoms with E-state index >= 15 is 0 Å². The van der Waals surface area contributed by atoms with Gasteiger partial charge < -0.3 is 0 Å². The van der Waals surface area contributed by atoms with Crippen LogP contribution >= 0.6 is 11.6 Å². The Morgan fingerprint density at radius 2 is 2.00 bits per heavy atom. The minimum Gasteiger partial charge on any atom is -0.264 e. The van der Waals surface area contributed by atoms with Crippen molar-refractivity contribution in [2.24, 2.45) is 0 Å². The highest BCUT2D eigenvalue weighted by atomic mass is 35.5. The molecule has 0 bridgehead atoms. The fourth-order valence-corrected chi connectivity index (χ4v) is 2.33. The van der Waals surface area contributed by atoms with Gasteiger partial charge in [-0.2, -0.15) is 0 Å². The van der Waals surface area contributed by atoms with Crippen molar-refractivity contribution < 1.29 is 4.39 Å². The lowest BCUT2D eigenvalue weighted by Gasteiger charge is -2.10. The van der Waals surface area contributed by atoms with Crippen LogP contribution in [0, 0.1) is 12.7 Å². The molecule has 0 saturated heterocycles. The minimum atomic E-state index is -0.371. The Labute approximate surface area is 114 Å². The first kappa shape index (κ1) is 12.1. The summed E-state index contributed by atoms with van der Waals surface area (Å²) in [6.45, 7) is 1.88. The van der Waals surface area contributed by atoms with Gasteiger partial charge in [0.1, 0.15) is 11.3 Å². The molecule has 0 aliphatic rings. The lowest BCUT2D eigenvalue weighted by atomic mass is 10.1. The van der Waals surface area contributed by atoms with Crippen molar-refractivity contribution in [1.29, 1.82) is 0 Å². The van der Waals surface area contributed by atoms with E-state index in [9.17, 15) is 4.39 Å². The van der Waals surface area contributed by atoms with Gasteiger partial charge in [0.15, 0.2) is 0 Å². The molecule has 0 unspecified atom stereocenters. The molecule has 0 amide bonds. The van der Waals surface area contributed by atoms with Crippen molar-refractivity contribution in [3.63, 3.8) is 0 Å². The Morgan fingerprint density at radius 1 is 1.16 bits per heavy atom. The van der Waals surface area contributed by atoms with E-state index in [0.29, 0.717) is 16.1 Å². The van der Waals surface area contributed by atoms with Gasteiger partial charge in [-0.1, -0.05) is 23.7 Å². The number of benzene rings is 1. The number of pyridine rings is 2. The van der Waals surface area contributed by atoms with Crippen LogP contribution < -0.4 is 0 Å². The van der Waals surface area contributed by atoms with E-state index in [1.54, 1.807) is 24.5 Å². The molecule has 2 aromatic heterocycles. The van der Waals surface area contributed by atoms with Gasteiger partial charge in [0.05, 0.1) is 10.7 Å². The van der Waals surface area contributed by atoms with Crippen LogP contribution in [0.2, 0.25) is 5.02 Å². The molecule has 0 spiro atoms. The normalized spacial score (nSPS) is 10.9. The van der Waals surface area contributed by atoms with E-state index in [4.69, 9.17) is 11.6 Å². The molecule has 19 heavy (non-hydrogen) atoms. The largest absolute Gasteiger partial charge is 0.264 e. The Hall–Kier alpha value is -2.00. The van der Waals surface area contributed by atoms with Crippen molar-refractivity contribution in [1.82, 2.24) is 9.97 Å². The van der Waals surface area contributed by atoms with E-state index in [1.807, 2.05) is 19.1 Å². The quantitative estimate of drug-likeness (QED) is 0.656. The topological polar surface area (TPSA) is 25.8 Å². The first-order valence-corrected chi connectivity index (χ1v) is 6.21. The summed E-state index contributed by atoms with van der Waals surface area (Å²) in [6, 6.07) is 8.48. The second kappa shape index (κ2) is 4.59. The summed E-state index contributed by atoms with van der Waals surface area (Å²) in [5, 5.41) is 1.16. The van der Waals surface area contributed by atoms with Gasteiger partial charge in [0.2, 0.25) is 0 Å². The maximum atomic E-state index is 13.9. The lowest BCUT2D eigenvalue weighted by molar-refractivity contribution is 0.637. The maximum absolute atomic E-state index is 13.9. The Bertz CT molecular complexity index is 757. The van der Waals surface area contributed by atoms with Crippen molar-refractivity contribution in [3.8, 4) is 11.3 Å². The number of aromatic nitrogens is 2. The molecule has 3 rings (SSSR count). The van der Waals surface area contributed by atoms with Gasteiger partial charge in [-0.15, -0.1) is 0 Å². The van der Waals surface area contributed by atoms with Crippen LogP contribution in [0.15, 0.2) is 42.7 Å². The third-order valence-electron chi connectivity index (χ3n) is 3.07. The predicted octanol–water partition coefficient (Wildman–Crippen LogP) is 4.40. The first-order chi connectivity index (χ1) is 9.18. The lowest BCUT2D eigenvalue weighted by Crippen LogP contribution is -1.94. The van der Waals surface area contributed by atoms with Crippen LogP contribution in [-0.2, 0) is 0 Å². The zero-order chi connectivity index (χ0) is 13.4. The van der Waals surface area contributed by atoms with Gasteiger partial charge in [-0.25, -0.2) is 9.37 Å². The molecule has 0 aliphatic heterocycles. The Kier molecular flexibility index (Phi) is 2.91. The van der Waals surface area contributed by atoms with Gasteiger partial charge >= 0.3 is 0 Å². The van der Waals surface area contributed by atoms with Crippen LogP contribution in [0.1, 0.15) is 5.56 Å². The van der Waals surface area contributed by atoms with Gasteiger partial charge in [-0.05, 0) is 30.7 Å². The number of halogens is 2. The van der Waals surface area contributed by atoms with Gasteiger partial charge in [-0.3, -0.25) is 4.98 Å². The number of hydrogen-bond acceptors (Lipinski definition) is 2. The highest BCUT2D eigenvalue weighted by Crippen LogP contribution is 2.33. The summed E-state index contributed by atoms with van der Waals surface area (Å²) >= 11 is 6.33. The molecule has 3 aromatic rings. The van der Waals surface area contributed by atoms with Crippen LogP contribution in [-0.4, -0.2) is 9.97 Å². The Morgan fingerprint density at radius 3 is 2.74 bits per heavy atom. The number of para-hydroxylation sites is 1. The molecule has 0 saturated carbocycles. The molecule has 0 aliphatic carbocycles. The second-order valence-corrected chi connectivity index (χ2v) is 4.66. The van der Waals surface area contributed by atoms with E-state index < -0.39 is 0 Å². The summed E-state index contributed by atoms with van der Waals surface area (Å²) in [5.74, 6) is -0.371.